The number of nitriles is 1. The predicted octanol–water partition coefficient (Wildman–Crippen LogP) is 1.49. The van der Waals surface area contributed by atoms with E-state index in [0.29, 0.717) is 5.76 Å². The van der Waals surface area contributed by atoms with Crippen LogP contribution in [0.1, 0.15) is 11.7 Å². The average Bonchev–Trinajstić information content (AvgIpc) is 2.94. The van der Waals surface area contributed by atoms with Gasteiger partial charge in [-0.1, -0.05) is 0 Å². The lowest BCUT2D eigenvalue weighted by Gasteiger charge is -2.60. The largest absolute Gasteiger partial charge is 0.469 e. The molecule has 0 unspecified atom stereocenters. The molecule has 0 amide bonds. The lowest BCUT2D eigenvalue weighted by molar-refractivity contribution is -0.466. The minimum atomic E-state index is -1.29. The van der Waals surface area contributed by atoms with Gasteiger partial charge in [-0.2, -0.15) is 5.26 Å². The second-order valence-corrected chi connectivity index (χ2v) is 4.25. The van der Waals surface area contributed by atoms with E-state index < -0.39 is 23.4 Å². The SMILES string of the molecule is COC1(OC)[C@H](c2ccco2)[C@H](C#N)C1(OC)OC. The molecule has 1 heterocycles. The molecule has 1 aromatic rings. The molecular weight excluding hydrogens is 250 g/mol. The van der Waals surface area contributed by atoms with Crippen LogP contribution in [0.2, 0.25) is 0 Å². The standard InChI is InChI=1S/C13H17NO5/c1-15-12(16-2)9(8-14)11(10-6-5-7-19-10)13(12,17-3)18-4/h5-7,9,11H,1-4H3/t9-,11-/m0/s1. The normalized spacial score (nSPS) is 27.5. The third-order valence-corrected chi connectivity index (χ3v) is 3.84. The summed E-state index contributed by atoms with van der Waals surface area (Å²) in [6, 6.07) is 5.71. The first-order valence-electron chi connectivity index (χ1n) is 5.81. The first-order valence-corrected chi connectivity index (χ1v) is 5.81. The monoisotopic (exact) mass is 267 g/mol. The van der Waals surface area contributed by atoms with Crippen molar-refractivity contribution in [3.8, 4) is 6.07 Å². The fourth-order valence-electron chi connectivity index (χ4n) is 3.00. The van der Waals surface area contributed by atoms with Crippen molar-refractivity contribution < 1.29 is 23.4 Å². The highest BCUT2D eigenvalue weighted by molar-refractivity contribution is 5.30. The van der Waals surface area contributed by atoms with E-state index in [1.807, 2.05) is 0 Å². The van der Waals surface area contributed by atoms with Gasteiger partial charge >= 0.3 is 0 Å². The van der Waals surface area contributed by atoms with Gasteiger partial charge in [-0.25, -0.2) is 0 Å². The van der Waals surface area contributed by atoms with Crippen LogP contribution in [0.3, 0.4) is 0 Å². The summed E-state index contributed by atoms with van der Waals surface area (Å²) >= 11 is 0. The van der Waals surface area contributed by atoms with Crippen LogP contribution in [0.15, 0.2) is 22.8 Å². The molecular formula is C13H17NO5. The molecule has 104 valence electrons. The molecule has 2 rings (SSSR count). The summed E-state index contributed by atoms with van der Waals surface area (Å²) in [6.45, 7) is 0. The first kappa shape index (κ1) is 14.0. The summed E-state index contributed by atoms with van der Waals surface area (Å²) in [4.78, 5) is 0. The fourth-order valence-corrected chi connectivity index (χ4v) is 3.00. The highest BCUT2D eigenvalue weighted by Gasteiger charge is 2.78. The zero-order valence-electron chi connectivity index (χ0n) is 11.4. The number of nitrogens with zero attached hydrogens (tertiary/aromatic N) is 1. The van der Waals surface area contributed by atoms with Crippen molar-refractivity contribution in [2.75, 3.05) is 28.4 Å². The molecule has 0 saturated heterocycles. The summed E-state index contributed by atoms with van der Waals surface area (Å²) in [5, 5.41) is 9.41. The van der Waals surface area contributed by atoms with Crippen LogP contribution in [0.5, 0.6) is 0 Å². The maximum absolute atomic E-state index is 9.41. The highest BCUT2D eigenvalue weighted by Crippen LogP contribution is 2.61. The molecule has 0 aliphatic heterocycles. The smallest absolute Gasteiger partial charge is 0.241 e. The van der Waals surface area contributed by atoms with Gasteiger partial charge in [0, 0.05) is 28.4 Å². The third kappa shape index (κ3) is 1.50. The molecule has 1 fully saturated rings. The molecule has 0 spiro atoms. The third-order valence-electron chi connectivity index (χ3n) is 3.84. The second kappa shape index (κ2) is 4.94. The molecule has 0 N–H and O–H groups in total. The molecule has 1 aliphatic carbocycles. The van der Waals surface area contributed by atoms with Gasteiger partial charge in [0.25, 0.3) is 0 Å². The number of hydrogen-bond donors (Lipinski definition) is 0. The minimum absolute atomic E-state index is 0.428. The van der Waals surface area contributed by atoms with Crippen LogP contribution in [0, 0.1) is 17.2 Å². The van der Waals surface area contributed by atoms with Gasteiger partial charge in [0.15, 0.2) is 0 Å². The average molecular weight is 267 g/mol. The Hall–Kier alpha value is -1.39. The molecule has 0 radical (unpaired) electrons. The Morgan fingerprint density at radius 2 is 1.68 bits per heavy atom. The Balaban J connectivity index is 2.52. The van der Waals surface area contributed by atoms with E-state index in [-0.39, 0.29) is 0 Å². The van der Waals surface area contributed by atoms with Crippen LogP contribution in [-0.4, -0.2) is 40.0 Å². The molecule has 0 aromatic carbocycles. The van der Waals surface area contributed by atoms with Gasteiger partial charge in [-0.15, -0.1) is 0 Å². The molecule has 1 aliphatic rings. The zero-order valence-corrected chi connectivity index (χ0v) is 11.4. The van der Waals surface area contributed by atoms with Crippen molar-refractivity contribution in [2.24, 2.45) is 5.92 Å². The summed E-state index contributed by atoms with van der Waals surface area (Å²) in [5.74, 6) is -2.95. The topological polar surface area (TPSA) is 73.9 Å². The van der Waals surface area contributed by atoms with Gasteiger partial charge in [0.1, 0.15) is 11.7 Å². The van der Waals surface area contributed by atoms with Gasteiger partial charge in [0.2, 0.25) is 11.6 Å². The number of methoxy groups -OCH3 is 4. The Bertz CT molecular complexity index is 456. The number of hydrogen-bond acceptors (Lipinski definition) is 6. The van der Waals surface area contributed by atoms with E-state index in [2.05, 4.69) is 6.07 Å². The molecule has 2 atom stereocenters. The summed E-state index contributed by atoms with van der Waals surface area (Å²) in [7, 11) is 5.89. The van der Waals surface area contributed by atoms with E-state index >= 15 is 0 Å². The van der Waals surface area contributed by atoms with Crippen molar-refractivity contribution in [1.29, 1.82) is 5.26 Å². The van der Waals surface area contributed by atoms with Crippen molar-refractivity contribution in [2.45, 2.75) is 17.5 Å². The lowest BCUT2D eigenvalue weighted by Crippen LogP contribution is -2.77. The van der Waals surface area contributed by atoms with Crippen LogP contribution in [-0.2, 0) is 18.9 Å². The van der Waals surface area contributed by atoms with E-state index in [9.17, 15) is 5.26 Å². The number of rotatable bonds is 5. The molecule has 1 aromatic heterocycles. The van der Waals surface area contributed by atoms with Crippen molar-refractivity contribution in [3.63, 3.8) is 0 Å². The fraction of sp³-hybridized carbons (Fsp3) is 0.615. The molecule has 0 bridgehead atoms. The van der Waals surface area contributed by atoms with E-state index in [0.717, 1.165) is 0 Å². The molecule has 1 saturated carbocycles. The Labute approximate surface area is 111 Å². The van der Waals surface area contributed by atoms with Crippen molar-refractivity contribution in [3.05, 3.63) is 24.2 Å². The van der Waals surface area contributed by atoms with Crippen LogP contribution in [0.25, 0.3) is 0 Å². The Morgan fingerprint density at radius 1 is 1.11 bits per heavy atom. The molecule has 19 heavy (non-hydrogen) atoms. The first-order chi connectivity index (χ1) is 9.17. The van der Waals surface area contributed by atoms with Gasteiger partial charge < -0.3 is 23.4 Å². The molecule has 6 heteroatoms. The Morgan fingerprint density at radius 3 is 2.05 bits per heavy atom. The highest BCUT2D eigenvalue weighted by atomic mass is 16.8. The number of furan rings is 1. The number of ether oxygens (including phenoxy) is 4. The quantitative estimate of drug-likeness (QED) is 0.752. The minimum Gasteiger partial charge on any atom is -0.469 e. The Kier molecular flexibility index (Phi) is 3.65. The predicted molar refractivity (Wildman–Crippen MR) is 64.1 cm³/mol. The lowest BCUT2D eigenvalue weighted by atomic mass is 9.61. The van der Waals surface area contributed by atoms with Gasteiger partial charge in [0.05, 0.1) is 18.3 Å². The van der Waals surface area contributed by atoms with Crippen LogP contribution >= 0.6 is 0 Å². The zero-order chi connectivity index (χ0) is 14.1. The van der Waals surface area contributed by atoms with Crippen LogP contribution in [0.4, 0.5) is 0 Å². The maximum atomic E-state index is 9.41. The van der Waals surface area contributed by atoms with Crippen molar-refractivity contribution in [1.82, 2.24) is 0 Å². The van der Waals surface area contributed by atoms with Crippen molar-refractivity contribution >= 4 is 0 Å². The summed E-state index contributed by atoms with van der Waals surface area (Å²) in [6.07, 6.45) is 1.54. The van der Waals surface area contributed by atoms with E-state index in [1.165, 1.54) is 28.4 Å². The van der Waals surface area contributed by atoms with Crippen LogP contribution < -0.4 is 0 Å². The van der Waals surface area contributed by atoms with E-state index in [1.54, 1.807) is 18.4 Å². The summed E-state index contributed by atoms with van der Waals surface area (Å²) < 4.78 is 27.2. The van der Waals surface area contributed by atoms with E-state index in [4.69, 9.17) is 23.4 Å². The van der Waals surface area contributed by atoms with Gasteiger partial charge in [-0.3, -0.25) is 0 Å². The molecule has 6 nitrogen and oxygen atoms in total. The maximum Gasteiger partial charge on any atom is 0.241 e. The second-order valence-electron chi connectivity index (χ2n) is 4.25. The summed E-state index contributed by atoms with van der Waals surface area (Å²) in [5.41, 5.74) is 0. The van der Waals surface area contributed by atoms with Gasteiger partial charge in [-0.05, 0) is 12.1 Å².